The standard InChI is InChI=1S/C20H23NO3S/c1-3-24-20(23)18-16-12-15(11-14-7-5-4-6-8-14)9-10-17(16)25-19(18)21-13(2)22/h4-8,15H,3,9-12H2,1-2H3,(H,21,22). The number of esters is 1. The van der Waals surface area contributed by atoms with Crippen molar-refractivity contribution in [2.24, 2.45) is 5.92 Å². The van der Waals surface area contributed by atoms with Gasteiger partial charge in [0.1, 0.15) is 5.00 Å². The molecule has 3 rings (SSSR count). The molecule has 1 amide bonds. The van der Waals surface area contributed by atoms with E-state index in [0.717, 1.165) is 31.2 Å². The smallest absolute Gasteiger partial charge is 0.341 e. The number of hydrogen-bond donors (Lipinski definition) is 1. The van der Waals surface area contributed by atoms with Crippen LogP contribution in [0.25, 0.3) is 0 Å². The molecule has 1 aromatic heterocycles. The molecule has 5 heteroatoms. The molecule has 25 heavy (non-hydrogen) atoms. The van der Waals surface area contributed by atoms with Gasteiger partial charge in [-0.2, -0.15) is 0 Å². The number of amides is 1. The van der Waals surface area contributed by atoms with Crippen molar-refractivity contribution >= 4 is 28.2 Å². The van der Waals surface area contributed by atoms with Gasteiger partial charge in [-0.1, -0.05) is 30.3 Å². The minimum atomic E-state index is -0.330. The van der Waals surface area contributed by atoms with Crippen molar-refractivity contribution < 1.29 is 14.3 Å². The molecule has 1 N–H and O–H groups in total. The molecule has 1 heterocycles. The van der Waals surface area contributed by atoms with Crippen molar-refractivity contribution in [1.82, 2.24) is 0 Å². The van der Waals surface area contributed by atoms with Crippen LogP contribution in [0.3, 0.4) is 0 Å². The number of carbonyl (C=O) groups is 2. The minimum absolute atomic E-state index is 0.162. The van der Waals surface area contributed by atoms with Gasteiger partial charge in [-0.3, -0.25) is 4.79 Å². The highest BCUT2D eigenvalue weighted by Gasteiger charge is 2.30. The first kappa shape index (κ1) is 17.7. The molecule has 0 fully saturated rings. The van der Waals surface area contributed by atoms with Crippen LogP contribution in [-0.4, -0.2) is 18.5 Å². The summed E-state index contributed by atoms with van der Waals surface area (Å²) in [6, 6.07) is 10.5. The summed E-state index contributed by atoms with van der Waals surface area (Å²) in [4.78, 5) is 25.2. The van der Waals surface area contributed by atoms with E-state index in [1.807, 2.05) is 6.07 Å². The summed E-state index contributed by atoms with van der Waals surface area (Å²) in [5.74, 6) is 0.0111. The number of hydrogen-bond acceptors (Lipinski definition) is 4. The molecule has 0 saturated carbocycles. The fourth-order valence-corrected chi connectivity index (χ4v) is 4.72. The Labute approximate surface area is 152 Å². The summed E-state index contributed by atoms with van der Waals surface area (Å²) >= 11 is 1.52. The van der Waals surface area contributed by atoms with Gasteiger partial charge in [-0.05, 0) is 49.7 Å². The van der Waals surface area contributed by atoms with Crippen LogP contribution in [0, 0.1) is 5.92 Å². The summed E-state index contributed by atoms with van der Waals surface area (Å²) in [7, 11) is 0. The molecular weight excluding hydrogens is 334 g/mol. The zero-order valence-electron chi connectivity index (χ0n) is 14.6. The molecule has 1 unspecified atom stereocenters. The zero-order valence-corrected chi connectivity index (χ0v) is 15.4. The van der Waals surface area contributed by atoms with Gasteiger partial charge in [0, 0.05) is 11.8 Å². The second-order valence-electron chi connectivity index (χ2n) is 6.41. The maximum Gasteiger partial charge on any atom is 0.341 e. The van der Waals surface area contributed by atoms with Crippen LogP contribution in [0.2, 0.25) is 0 Å². The van der Waals surface area contributed by atoms with Gasteiger partial charge < -0.3 is 10.1 Å². The maximum absolute atomic E-state index is 12.5. The molecule has 1 aromatic carbocycles. The van der Waals surface area contributed by atoms with E-state index in [1.165, 1.54) is 28.7 Å². The third-order valence-electron chi connectivity index (χ3n) is 4.50. The SMILES string of the molecule is CCOC(=O)c1c(NC(C)=O)sc2c1CC(Cc1ccccc1)CC2. The largest absolute Gasteiger partial charge is 0.462 e. The lowest BCUT2D eigenvalue weighted by Gasteiger charge is -2.23. The summed E-state index contributed by atoms with van der Waals surface area (Å²) < 4.78 is 5.24. The summed E-state index contributed by atoms with van der Waals surface area (Å²) in [6.07, 6.45) is 3.91. The van der Waals surface area contributed by atoms with Crippen LogP contribution in [0.15, 0.2) is 30.3 Å². The molecule has 1 atom stereocenters. The van der Waals surface area contributed by atoms with Crippen LogP contribution in [0.1, 0.15) is 46.6 Å². The number of thiophene rings is 1. The lowest BCUT2D eigenvalue weighted by molar-refractivity contribution is -0.114. The van der Waals surface area contributed by atoms with Crippen molar-refractivity contribution in [2.75, 3.05) is 11.9 Å². The number of nitrogens with one attached hydrogen (secondary N) is 1. The van der Waals surface area contributed by atoms with Crippen molar-refractivity contribution in [1.29, 1.82) is 0 Å². The Morgan fingerprint density at radius 3 is 2.72 bits per heavy atom. The van der Waals surface area contributed by atoms with Gasteiger partial charge in [0.2, 0.25) is 5.91 Å². The van der Waals surface area contributed by atoms with E-state index in [0.29, 0.717) is 23.1 Å². The molecule has 132 valence electrons. The quantitative estimate of drug-likeness (QED) is 0.815. The Morgan fingerprint density at radius 1 is 1.28 bits per heavy atom. The van der Waals surface area contributed by atoms with E-state index in [9.17, 15) is 9.59 Å². The first-order chi connectivity index (χ1) is 12.1. The number of rotatable bonds is 5. The Bertz CT molecular complexity index is 767. The van der Waals surface area contributed by atoms with Crippen LogP contribution in [0.5, 0.6) is 0 Å². The van der Waals surface area contributed by atoms with Gasteiger partial charge in [-0.25, -0.2) is 4.79 Å². The fourth-order valence-electron chi connectivity index (χ4n) is 3.44. The monoisotopic (exact) mass is 357 g/mol. The van der Waals surface area contributed by atoms with Gasteiger partial charge >= 0.3 is 5.97 Å². The fraction of sp³-hybridized carbons (Fsp3) is 0.400. The summed E-state index contributed by atoms with van der Waals surface area (Å²) in [6.45, 7) is 3.59. The highest BCUT2D eigenvalue weighted by Crippen LogP contribution is 2.40. The van der Waals surface area contributed by atoms with Gasteiger partial charge in [0.25, 0.3) is 0 Å². The average molecular weight is 357 g/mol. The molecule has 1 aliphatic rings. The molecule has 0 bridgehead atoms. The van der Waals surface area contributed by atoms with E-state index >= 15 is 0 Å². The molecule has 4 nitrogen and oxygen atoms in total. The number of anilines is 1. The molecule has 0 spiro atoms. The zero-order chi connectivity index (χ0) is 17.8. The lowest BCUT2D eigenvalue weighted by atomic mass is 9.83. The molecule has 0 aliphatic heterocycles. The highest BCUT2D eigenvalue weighted by molar-refractivity contribution is 7.17. The van der Waals surface area contributed by atoms with Crippen LogP contribution in [0.4, 0.5) is 5.00 Å². The number of fused-ring (bicyclic) bond motifs is 1. The maximum atomic E-state index is 12.5. The third-order valence-corrected chi connectivity index (χ3v) is 5.71. The van der Waals surface area contributed by atoms with Crippen LogP contribution < -0.4 is 5.32 Å². The normalized spacial score (nSPS) is 16.2. The Kier molecular flexibility index (Phi) is 5.53. The molecule has 0 saturated heterocycles. The van der Waals surface area contributed by atoms with Crippen LogP contribution in [-0.2, 0) is 28.8 Å². The molecule has 0 radical (unpaired) electrons. The van der Waals surface area contributed by atoms with E-state index in [-0.39, 0.29) is 11.9 Å². The second kappa shape index (κ2) is 7.83. The van der Waals surface area contributed by atoms with Crippen molar-refractivity contribution in [3.05, 3.63) is 51.9 Å². The Balaban J connectivity index is 1.87. The minimum Gasteiger partial charge on any atom is -0.462 e. The highest BCUT2D eigenvalue weighted by atomic mass is 32.1. The number of aryl methyl sites for hydroxylation is 1. The summed E-state index contributed by atoms with van der Waals surface area (Å²) in [5.41, 5.74) is 2.96. The first-order valence-corrected chi connectivity index (χ1v) is 9.53. The predicted octanol–water partition coefficient (Wildman–Crippen LogP) is 4.23. The Hall–Kier alpha value is -2.14. The second-order valence-corrected chi connectivity index (χ2v) is 7.51. The first-order valence-electron chi connectivity index (χ1n) is 8.71. The lowest BCUT2D eigenvalue weighted by Crippen LogP contribution is -2.18. The van der Waals surface area contributed by atoms with Gasteiger partial charge in [0.15, 0.2) is 0 Å². The van der Waals surface area contributed by atoms with Crippen molar-refractivity contribution in [2.45, 2.75) is 39.5 Å². The van der Waals surface area contributed by atoms with Gasteiger partial charge in [0.05, 0.1) is 12.2 Å². The van der Waals surface area contributed by atoms with E-state index < -0.39 is 0 Å². The van der Waals surface area contributed by atoms with E-state index in [2.05, 4.69) is 29.6 Å². The van der Waals surface area contributed by atoms with E-state index in [1.54, 1.807) is 6.92 Å². The van der Waals surface area contributed by atoms with Gasteiger partial charge in [-0.15, -0.1) is 11.3 Å². The van der Waals surface area contributed by atoms with E-state index in [4.69, 9.17) is 4.74 Å². The van der Waals surface area contributed by atoms with Crippen molar-refractivity contribution in [3.8, 4) is 0 Å². The summed E-state index contributed by atoms with van der Waals surface area (Å²) in [5, 5.41) is 3.45. The predicted molar refractivity (Wildman–Crippen MR) is 100 cm³/mol. The Morgan fingerprint density at radius 2 is 2.04 bits per heavy atom. The van der Waals surface area contributed by atoms with Crippen LogP contribution >= 0.6 is 11.3 Å². The molecule has 2 aromatic rings. The third kappa shape index (κ3) is 4.10. The van der Waals surface area contributed by atoms with Crippen molar-refractivity contribution in [3.63, 3.8) is 0 Å². The average Bonchev–Trinajstić information content (AvgIpc) is 2.92. The number of carbonyl (C=O) groups excluding carboxylic acids is 2. The molecule has 1 aliphatic carbocycles. The topological polar surface area (TPSA) is 55.4 Å². The number of ether oxygens (including phenoxy) is 1. The molecular formula is C20H23NO3S. The number of benzene rings is 1.